The lowest BCUT2D eigenvalue weighted by molar-refractivity contribution is 0.102. The highest BCUT2D eigenvalue weighted by Crippen LogP contribution is 2.35. The van der Waals surface area contributed by atoms with E-state index < -0.39 is 0 Å². The summed E-state index contributed by atoms with van der Waals surface area (Å²) < 4.78 is 11.3. The Morgan fingerprint density at radius 2 is 1.92 bits per heavy atom. The summed E-state index contributed by atoms with van der Waals surface area (Å²) in [5.41, 5.74) is 4.36. The molecule has 0 fully saturated rings. The Bertz CT molecular complexity index is 877. The first-order valence-electron chi connectivity index (χ1n) is 7.05. The van der Waals surface area contributed by atoms with Crippen molar-refractivity contribution in [2.45, 2.75) is 0 Å². The van der Waals surface area contributed by atoms with Gasteiger partial charge in [-0.15, -0.1) is 0 Å². The van der Waals surface area contributed by atoms with E-state index in [2.05, 4.69) is 15.7 Å². The summed E-state index contributed by atoms with van der Waals surface area (Å²) in [7, 11) is 3.13. The normalized spacial score (nSPS) is 10.5. The zero-order chi connectivity index (χ0) is 17.1. The quantitative estimate of drug-likeness (QED) is 0.486. The number of amides is 1. The van der Waals surface area contributed by atoms with Gasteiger partial charge in [-0.3, -0.25) is 10.2 Å². The maximum absolute atomic E-state index is 12.4. The number of ether oxygens (including phenoxy) is 2. The summed E-state index contributed by atoms with van der Waals surface area (Å²) in [6.45, 7) is 0. The lowest BCUT2D eigenvalue weighted by Crippen LogP contribution is -2.11. The fourth-order valence-electron chi connectivity index (χ4n) is 2.23. The molecule has 8 heteroatoms. The second kappa shape index (κ2) is 6.73. The van der Waals surface area contributed by atoms with Gasteiger partial charge in [0, 0.05) is 17.3 Å². The largest absolute Gasteiger partial charge is 0.497 e. The number of anilines is 2. The van der Waals surface area contributed by atoms with E-state index in [1.54, 1.807) is 44.6 Å². The Hall–Kier alpha value is -2.84. The number of hydrogen-bond acceptors (Lipinski definition) is 7. The van der Waals surface area contributed by atoms with Crippen molar-refractivity contribution in [3.8, 4) is 11.5 Å². The van der Waals surface area contributed by atoms with Crippen molar-refractivity contribution >= 4 is 38.3 Å². The van der Waals surface area contributed by atoms with E-state index in [1.165, 1.54) is 11.3 Å². The minimum absolute atomic E-state index is 0.222. The van der Waals surface area contributed by atoms with Gasteiger partial charge in [0.05, 0.1) is 18.9 Å². The Morgan fingerprint density at radius 1 is 1.17 bits per heavy atom. The first kappa shape index (κ1) is 16.0. The standard InChI is InChI=1S/C16H16N4O3S/c1-22-11-5-3-9(4-6-11)15(21)18-10-7-12(23-2)14-13(8-10)24-16(19-14)20-17/h3-8H,17H2,1-2H3,(H,18,21)(H,19,20). The van der Waals surface area contributed by atoms with Gasteiger partial charge < -0.3 is 14.8 Å². The van der Waals surface area contributed by atoms with Gasteiger partial charge in [-0.05, 0) is 30.3 Å². The van der Waals surface area contributed by atoms with Gasteiger partial charge in [-0.25, -0.2) is 10.8 Å². The van der Waals surface area contributed by atoms with Crippen LogP contribution in [-0.2, 0) is 0 Å². The number of fused-ring (bicyclic) bond motifs is 1. The predicted octanol–water partition coefficient (Wildman–Crippen LogP) is 2.85. The molecule has 1 amide bonds. The van der Waals surface area contributed by atoms with Gasteiger partial charge in [-0.2, -0.15) is 0 Å². The summed E-state index contributed by atoms with van der Waals surface area (Å²) in [5, 5.41) is 3.43. The molecule has 0 radical (unpaired) electrons. The SMILES string of the molecule is COc1ccc(C(=O)Nc2cc(OC)c3nc(NN)sc3c2)cc1. The van der Waals surface area contributed by atoms with Crippen molar-refractivity contribution in [1.29, 1.82) is 0 Å². The molecule has 3 aromatic rings. The van der Waals surface area contributed by atoms with Crippen molar-refractivity contribution in [3.05, 3.63) is 42.0 Å². The third-order valence-corrected chi connectivity index (χ3v) is 4.35. The molecule has 0 atom stereocenters. The summed E-state index contributed by atoms with van der Waals surface area (Å²) in [6.07, 6.45) is 0. The van der Waals surface area contributed by atoms with Crippen LogP contribution in [0.25, 0.3) is 10.2 Å². The third kappa shape index (κ3) is 3.10. The molecule has 3 rings (SSSR count). The molecule has 0 saturated carbocycles. The Balaban J connectivity index is 1.89. The topological polar surface area (TPSA) is 98.5 Å². The average Bonchev–Trinajstić information content (AvgIpc) is 3.04. The van der Waals surface area contributed by atoms with E-state index in [1.807, 2.05) is 6.07 Å². The maximum Gasteiger partial charge on any atom is 0.255 e. The number of nitrogens with zero attached hydrogens (tertiary/aromatic N) is 1. The van der Waals surface area contributed by atoms with Gasteiger partial charge in [-0.1, -0.05) is 11.3 Å². The predicted molar refractivity (Wildman–Crippen MR) is 94.9 cm³/mol. The highest BCUT2D eigenvalue weighted by Gasteiger charge is 2.13. The fourth-order valence-corrected chi connectivity index (χ4v) is 3.07. The van der Waals surface area contributed by atoms with Crippen LogP contribution in [0.3, 0.4) is 0 Å². The molecule has 2 aromatic carbocycles. The van der Waals surface area contributed by atoms with Crippen LogP contribution in [0.2, 0.25) is 0 Å². The molecular formula is C16H16N4O3S. The van der Waals surface area contributed by atoms with Crippen LogP contribution in [0.1, 0.15) is 10.4 Å². The number of nitrogens with one attached hydrogen (secondary N) is 2. The van der Waals surface area contributed by atoms with E-state index in [4.69, 9.17) is 15.3 Å². The highest BCUT2D eigenvalue weighted by atomic mass is 32.1. The van der Waals surface area contributed by atoms with Gasteiger partial charge in [0.2, 0.25) is 0 Å². The molecule has 0 aliphatic rings. The van der Waals surface area contributed by atoms with E-state index in [-0.39, 0.29) is 5.91 Å². The first-order valence-corrected chi connectivity index (χ1v) is 7.87. The van der Waals surface area contributed by atoms with Crippen molar-refractivity contribution in [2.24, 2.45) is 5.84 Å². The second-order valence-corrected chi connectivity index (χ2v) is 5.90. The number of methoxy groups -OCH3 is 2. The monoisotopic (exact) mass is 344 g/mol. The highest BCUT2D eigenvalue weighted by molar-refractivity contribution is 7.22. The first-order chi connectivity index (χ1) is 11.6. The number of carbonyl (C=O) groups is 1. The van der Waals surface area contributed by atoms with Gasteiger partial charge in [0.15, 0.2) is 5.13 Å². The number of rotatable bonds is 5. The molecule has 124 valence electrons. The van der Waals surface area contributed by atoms with Crippen LogP contribution in [0.4, 0.5) is 10.8 Å². The van der Waals surface area contributed by atoms with Crippen LogP contribution in [0, 0.1) is 0 Å². The van der Waals surface area contributed by atoms with Crippen LogP contribution in [0.15, 0.2) is 36.4 Å². The molecule has 24 heavy (non-hydrogen) atoms. The molecule has 1 heterocycles. The molecule has 0 spiro atoms. The number of aromatic nitrogens is 1. The molecule has 0 bridgehead atoms. The molecule has 0 unspecified atom stereocenters. The minimum Gasteiger partial charge on any atom is -0.497 e. The smallest absolute Gasteiger partial charge is 0.255 e. The minimum atomic E-state index is -0.222. The lowest BCUT2D eigenvalue weighted by atomic mass is 10.2. The number of thiazole rings is 1. The van der Waals surface area contributed by atoms with Crippen molar-refractivity contribution in [3.63, 3.8) is 0 Å². The summed E-state index contributed by atoms with van der Waals surface area (Å²) >= 11 is 1.37. The van der Waals surface area contributed by atoms with E-state index in [0.29, 0.717) is 33.4 Å². The maximum atomic E-state index is 12.4. The number of hydrogen-bond donors (Lipinski definition) is 3. The van der Waals surface area contributed by atoms with Crippen LogP contribution in [0.5, 0.6) is 11.5 Å². The zero-order valence-corrected chi connectivity index (χ0v) is 13.9. The molecule has 1 aromatic heterocycles. The Morgan fingerprint density at radius 3 is 2.54 bits per heavy atom. The summed E-state index contributed by atoms with van der Waals surface area (Å²) in [4.78, 5) is 16.7. The summed E-state index contributed by atoms with van der Waals surface area (Å²) in [5.74, 6) is 6.44. The van der Waals surface area contributed by atoms with Crippen LogP contribution in [-0.4, -0.2) is 25.1 Å². The van der Waals surface area contributed by atoms with E-state index >= 15 is 0 Å². The number of nitrogens with two attached hydrogens (primary N) is 1. The summed E-state index contributed by atoms with van der Waals surface area (Å²) in [6, 6.07) is 10.4. The average molecular weight is 344 g/mol. The van der Waals surface area contributed by atoms with Gasteiger partial charge in [0.25, 0.3) is 5.91 Å². The lowest BCUT2D eigenvalue weighted by Gasteiger charge is -2.08. The van der Waals surface area contributed by atoms with Crippen molar-refractivity contribution in [1.82, 2.24) is 4.98 Å². The zero-order valence-electron chi connectivity index (χ0n) is 13.1. The number of carbonyl (C=O) groups excluding carboxylic acids is 1. The van der Waals surface area contributed by atoms with Crippen LogP contribution >= 0.6 is 11.3 Å². The van der Waals surface area contributed by atoms with Gasteiger partial charge >= 0.3 is 0 Å². The molecule has 0 saturated heterocycles. The number of nitrogen functional groups attached to an aromatic ring is 1. The fraction of sp³-hybridized carbons (Fsp3) is 0.125. The second-order valence-electron chi connectivity index (χ2n) is 4.87. The third-order valence-electron chi connectivity index (χ3n) is 3.41. The van der Waals surface area contributed by atoms with Gasteiger partial charge in [0.1, 0.15) is 17.0 Å². The molecule has 0 aliphatic heterocycles. The number of benzene rings is 2. The molecular weight excluding hydrogens is 328 g/mol. The van der Waals surface area contributed by atoms with Crippen molar-refractivity contribution < 1.29 is 14.3 Å². The van der Waals surface area contributed by atoms with E-state index in [0.717, 1.165) is 4.70 Å². The van der Waals surface area contributed by atoms with Crippen molar-refractivity contribution in [2.75, 3.05) is 25.0 Å². The van der Waals surface area contributed by atoms with E-state index in [9.17, 15) is 4.79 Å². The Labute approximate surface area is 142 Å². The number of hydrazine groups is 1. The molecule has 0 aliphatic carbocycles. The van der Waals surface area contributed by atoms with Crippen LogP contribution < -0.4 is 26.1 Å². The Kier molecular flexibility index (Phi) is 4.50. The molecule has 4 N–H and O–H groups in total. The molecule has 7 nitrogen and oxygen atoms in total.